The van der Waals surface area contributed by atoms with Gasteiger partial charge in [0.1, 0.15) is 0 Å². The van der Waals surface area contributed by atoms with Crippen molar-refractivity contribution >= 4 is 5.69 Å². The van der Waals surface area contributed by atoms with E-state index < -0.39 is 0 Å². The normalized spacial score (nSPS) is 19.6. The van der Waals surface area contributed by atoms with Crippen LogP contribution >= 0.6 is 0 Å². The van der Waals surface area contributed by atoms with Crippen LogP contribution in [-0.4, -0.2) is 30.7 Å². The van der Waals surface area contributed by atoms with Gasteiger partial charge in [-0.2, -0.15) is 0 Å². The third-order valence-corrected chi connectivity index (χ3v) is 3.68. The highest BCUT2D eigenvalue weighted by Crippen LogP contribution is 2.17. The van der Waals surface area contributed by atoms with Crippen LogP contribution < -0.4 is 5.73 Å². The fraction of sp³-hybridized carbons (Fsp3) is 0.600. The lowest BCUT2D eigenvalue weighted by Crippen LogP contribution is -2.31. The molecule has 0 radical (unpaired) electrons. The van der Waals surface area contributed by atoms with Crippen molar-refractivity contribution in [3.63, 3.8) is 0 Å². The van der Waals surface area contributed by atoms with Crippen molar-refractivity contribution < 1.29 is 4.74 Å². The first-order valence-corrected chi connectivity index (χ1v) is 6.88. The highest BCUT2D eigenvalue weighted by Gasteiger charge is 2.18. The molecule has 100 valence electrons. The molecule has 0 spiro atoms. The Balaban J connectivity index is 1.94. The summed E-state index contributed by atoms with van der Waals surface area (Å²) in [6.07, 6.45) is 2.83. The van der Waals surface area contributed by atoms with Crippen molar-refractivity contribution in [2.75, 3.05) is 25.4 Å². The first-order valence-electron chi connectivity index (χ1n) is 6.88. The standard InChI is InChI=1S/C15H24N2O/c1-3-17(11-14-5-4-8-18-14)10-13-7-6-12(2)15(16)9-13/h6-7,9,14H,3-5,8,10-11,16H2,1-2H3. The van der Waals surface area contributed by atoms with E-state index in [-0.39, 0.29) is 0 Å². The summed E-state index contributed by atoms with van der Waals surface area (Å²) >= 11 is 0. The number of anilines is 1. The minimum Gasteiger partial charge on any atom is -0.399 e. The maximum atomic E-state index is 5.96. The molecule has 1 saturated heterocycles. The van der Waals surface area contributed by atoms with Crippen molar-refractivity contribution in [1.29, 1.82) is 0 Å². The fourth-order valence-corrected chi connectivity index (χ4v) is 2.43. The van der Waals surface area contributed by atoms with E-state index in [1.807, 2.05) is 6.92 Å². The lowest BCUT2D eigenvalue weighted by molar-refractivity contribution is 0.0725. The van der Waals surface area contributed by atoms with Gasteiger partial charge in [0.25, 0.3) is 0 Å². The topological polar surface area (TPSA) is 38.5 Å². The highest BCUT2D eigenvalue weighted by molar-refractivity contribution is 5.48. The summed E-state index contributed by atoms with van der Waals surface area (Å²) in [5.74, 6) is 0. The van der Waals surface area contributed by atoms with Crippen molar-refractivity contribution in [3.8, 4) is 0 Å². The van der Waals surface area contributed by atoms with Crippen LogP contribution in [0.2, 0.25) is 0 Å². The molecule has 3 nitrogen and oxygen atoms in total. The molecular formula is C15H24N2O. The van der Waals surface area contributed by atoms with Crippen LogP contribution in [0, 0.1) is 6.92 Å². The van der Waals surface area contributed by atoms with Gasteiger partial charge in [-0.25, -0.2) is 0 Å². The smallest absolute Gasteiger partial charge is 0.0702 e. The number of nitrogen functional groups attached to an aromatic ring is 1. The predicted molar refractivity (Wildman–Crippen MR) is 75.5 cm³/mol. The number of ether oxygens (including phenoxy) is 1. The quantitative estimate of drug-likeness (QED) is 0.814. The molecule has 0 aromatic heterocycles. The third kappa shape index (κ3) is 3.47. The molecular weight excluding hydrogens is 224 g/mol. The monoisotopic (exact) mass is 248 g/mol. The zero-order valence-corrected chi connectivity index (χ0v) is 11.5. The van der Waals surface area contributed by atoms with Crippen molar-refractivity contribution in [3.05, 3.63) is 29.3 Å². The summed E-state index contributed by atoms with van der Waals surface area (Å²) in [6, 6.07) is 6.36. The van der Waals surface area contributed by atoms with Crippen LogP contribution in [0.3, 0.4) is 0 Å². The first kappa shape index (κ1) is 13.4. The molecule has 1 atom stereocenters. The molecule has 18 heavy (non-hydrogen) atoms. The van der Waals surface area contributed by atoms with Crippen LogP contribution in [0.4, 0.5) is 5.69 Å². The number of rotatable bonds is 5. The highest BCUT2D eigenvalue weighted by atomic mass is 16.5. The summed E-state index contributed by atoms with van der Waals surface area (Å²) in [6.45, 7) is 8.22. The number of nitrogens with two attached hydrogens (primary N) is 1. The summed E-state index contributed by atoms with van der Waals surface area (Å²) in [4.78, 5) is 2.43. The van der Waals surface area contributed by atoms with E-state index >= 15 is 0 Å². The minimum absolute atomic E-state index is 0.424. The molecule has 1 aliphatic rings. The van der Waals surface area contributed by atoms with Gasteiger partial charge in [0.05, 0.1) is 6.10 Å². The van der Waals surface area contributed by atoms with Gasteiger partial charge in [0, 0.05) is 25.4 Å². The van der Waals surface area contributed by atoms with Gasteiger partial charge < -0.3 is 10.5 Å². The van der Waals surface area contributed by atoms with Crippen LogP contribution in [-0.2, 0) is 11.3 Å². The predicted octanol–water partition coefficient (Wildman–Crippen LogP) is 2.58. The Morgan fingerprint density at radius 3 is 2.89 bits per heavy atom. The number of aryl methyl sites for hydroxylation is 1. The second-order valence-corrected chi connectivity index (χ2v) is 5.15. The second kappa shape index (κ2) is 6.21. The van der Waals surface area contributed by atoms with Crippen molar-refractivity contribution in [2.24, 2.45) is 0 Å². The Morgan fingerprint density at radius 2 is 2.28 bits per heavy atom. The van der Waals surface area contributed by atoms with Gasteiger partial charge in [-0.3, -0.25) is 4.90 Å². The SMILES string of the molecule is CCN(Cc1ccc(C)c(N)c1)CC1CCCO1. The second-order valence-electron chi connectivity index (χ2n) is 5.15. The molecule has 0 saturated carbocycles. The van der Waals surface area contributed by atoms with E-state index in [1.165, 1.54) is 18.4 Å². The molecule has 1 aromatic carbocycles. The van der Waals surface area contributed by atoms with E-state index in [2.05, 4.69) is 30.0 Å². The molecule has 0 aliphatic carbocycles. The number of nitrogens with zero attached hydrogens (tertiary/aromatic N) is 1. The molecule has 0 amide bonds. The third-order valence-electron chi connectivity index (χ3n) is 3.68. The van der Waals surface area contributed by atoms with Crippen LogP contribution in [0.1, 0.15) is 30.9 Å². The largest absolute Gasteiger partial charge is 0.399 e. The summed E-state index contributed by atoms with van der Waals surface area (Å²) in [7, 11) is 0. The Hall–Kier alpha value is -1.06. The molecule has 3 heteroatoms. The van der Waals surface area contributed by atoms with Crippen molar-refractivity contribution in [1.82, 2.24) is 4.90 Å². The Bertz CT molecular complexity index is 386. The van der Waals surface area contributed by atoms with Crippen LogP contribution in [0.5, 0.6) is 0 Å². The Labute approximate surface area is 110 Å². The Kier molecular flexibility index (Phi) is 4.61. The molecule has 1 heterocycles. The van der Waals surface area contributed by atoms with Gasteiger partial charge in [0.2, 0.25) is 0 Å². The maximum Gasteiger partial charge on any atom is 0.0702 e. The molecule has 1 fully saturated rings. The van der Waals surface area contributed by atoms with E-state index in [1.54, 1.807) is 0 Å². The van der Waals surface area contributed by atoms with Crippen LogP contribution in [0.25, 0.3) is 0 Å². The molecule has 1 aromatic rings. The summed E-state index contributed by atoms with van der Waals surface area (Å²) < 4.78 is 5.70. The van der Waals surface area contributed by atoms with Crippen molar-refractivity contribution in [2.45, 2.75) is 39.3 Å². The van der Waals surface area contributed by atoms with E-state index in [0.717, 1.165) is 37.5 Å². The summed E-state index contributed by atoms with van der Waals surface area (Å²) in [5, 5.41) is 0. The number of hydrogen-bond donors (Lipinski definition) is 1. The van der Waals surface area contributed by atoms with Gasteiger partial charge in [-0.1, -0.05) is 19.1 Å². The zero-order chi connectivity index (χ0) is 13.0. The van der Waals surface area contributed by atoms with Gasteiger partial charge in [-0.05, 0) is 43.5 Å². The summed E-state index contributed by atoms with van der Waals surface area (Å²) in [5.41, 5.74) is 9.29. The number of likely N-dealkylation sites (N-methyl/N-ethyl adjacent to an activating group) is 1. The van der Waals surface area contributed by atoms with E-state index in [4.69, 9.17) is 10.5 Å². The Morgan fingerprint density at radius 1 is 1.44 bits per heavy atom. The number of benzene rings is 1. The minimum atomic E-state index is 0.424. The first-order chi connectivity index (χ1) is 8.69. The van der Waals surface area contributed by atoms with E-state index in [0.29, 0.717) is 6.10 Å². The molecule has 0 bridgehead atoms. The lowest BCUT2D eigenvalue weighted by Gasteiger charge is -2.24. The van der Waals surface area contributed by atoms with Gasteiger partial charge >= 0.3 is 0 Å². The van der Waals surface area contributed by atoms with Gasteiger partial charge in [-0.15, -0.1) is 0 Å². The maximum absolute atomic E-state index is 5.96. The molecule has 2 rings (SSSR count). The average Bonchev–Trinajstić information content (AvgIpc) is 2.86. The van der Waals surface area contributed by atoms with E-state index in [9.17, 15) is 0 Å². The average molecular weight is 248 g/mol. The lowest BCUT2D eigenvalue weighted by atomic mass is 10.1. The van der Waals surface area contributed by atoms with Gasteiger partial charge in [0.15, 0.2) is 0 Å². The molecule has 1 aliphatic heterocycles. The molecule has 2 N–H and O–H groups in total. The fourth-order valence-electron chi connectivity index (χ4n) is 2.43. The van der Waals surface area contributed by atoms with Crippen LogP contribution in [0.15, 0.2) is 18.2 Å². The zero-order valence-electron chi connectivity index (χ0n) is 11.5. The molecule has 1 unspecified atom stereocenters. The number of hydrogen-bond acceptors (Lipinski definition) is 3.